The van der Waals surface area contributed by atoms with Crippen LogP contribution in [0.25, 0.3) is 0 Å². The van der Waals surface area contributed by atoms with Gasteiger partial charge in [0.1, 0.15) is 11.9 Å². The maximum absolute atomic E-state index is 12.7. The molecule has 1 fully saturated rings. The van der Waals surface area contributed by atoms with Crippen molar-refractivity contribution >= 4 is 16.0 Å². The van der Waals surface area contributed by atoms with Crippen LogP contribution in [0.1, 0.15) is 30.7 Å². The number of para-hydroxylation sites is 1. The summed E-state index contributed by atoms with van der Waals surface area (Å²) in [6.07, 6.45) is 1.27. The van der Waals surface area contributed by atoms with Crippen LogP contribution >= 0.6 is 0 Å². The monoisotopic (exact) mass is 419 g/mol. The highest BCUT2D eigenvalue weighted by Crippen LogP contribution is 2.50. The predicted octanol–water partition coefficient (Wildman–Crippen LogP) is 2.49. The lowest BCUT2D eigenvalue weighted by molar-refractivity contribution is -0.145. The predicted molar refractivity (Wildman–Crippen MR) is 103 cm³/mol. The first-order chi connectivity index (χ1) is 13.9. The van der Waals surface area contributed by atoms with E-state index >= 15 is 0 Å². The highest BCUT2D eigenvalue weighted by atomic mass is 32.2. The molecule has 2 aromatic rings. The van der Waals surface area contributed by atoms with Gasteiger partial charge >= 0.3 is 5.97 Å². The molecule has 0 amide bonds. The number of aliphatic carboxylic acids is 1. The zero-order valence-electron chi connectivity index (χ0n) is 15.7. The number of hydrogen-bond donors (Lipinski definition) is 2. The van der Waals surface area contributed by atoms with Gasteiger partial charge in [-0.1, -0.05) is 18.2 Å². The standard InChI is InChI=1S/C20H21NO7S/c1-26-12-5-2-6-13(11-12)29(24,25)21-19(20(22)23)28-17-10-4-8-15-14-7-3-9-16(14)27-18(15)17/h2,4-6,8,10-11,14,16,19,21H,3,7,9H2,1H3,(H,22,23). The zero-order chi connectivity index (χ0) is 20.6. The molecule has 1 aliphatic carbocycles. The van der Waals surface area contributed by atoms with Crippen molar-refractivity contribution in [3.63, 3.8) is 0 Å². The number of nitrogens with one attached hydrogen (secondary N) is 1. The summed E-state index contributed by atoms with van der Waals surface area (Å²) in [4.78, 5) is 11.6. The summed E-state index contributed by atoms with van der Waals surface area (Å²) in [7, 11) is -2.75. The maximum Gasteiger partial charge on any atom is 0.361 e. The van der Waals surface area contributed by atoms with Crippen LogP contribution in [-0.4, -0.2) is 38.9 Å². The van der Waals surface area contributed by atoms with Gasteiger partial charge in [-0.3, -0.25) is 0 Å². The molecule has 9 heteroatoms. The summed E-state index contributed by atoms with van der Waals surface area (Å²) in [6.45, 7) is 0. The lowest BCUT2D eigenvalue weighted by Crippen LogP contribution is -2.44. The normalized spacial score (nSPS) is 21.0. The van der Waals surface area contributed by atoms with Crippen molar-refractivity contribution < 1.29 is 32.5 Å². The number of benzene rings is 2. The van der Waals surface area contributed by atoms with Crippen molar-refractivity contribution in [2.24, 2.45) is 0 Å². The van der Waals surface area contributed by atoms with Gasteiger partial charge in [0.05, 0.1) is 12.0 Å². The average Bonchev–Trinajstić information content (AvgIpc) is 3.29. The zero-order valence-corrected chi connectivity index (χ0v) is 16.5. The molecule has 4 rings (SSSR count). The Morgan fingerprint density at radius 2 is 2.03 bits per heavy atom. The lowest BCUT2D eigenvalue weighted by Gasteiger charge is -2.19. The van der Waals surface area contributed by atoms with Gasteiger partial charge in [0, 0.05) is 17.5 Å². The minimum absolute atomic E-state index is 0.0616. The van der Waals surface area contributed by atoms with Crippen LogP contribution < -0.4 is 18.9 Å². The fourth-order valence-corrected chi connectivity index (χ4v) is 4.94. The minimum Gasteiger partial charge on any atom is -0.497 e. The third kappa shape index (κ3) is 3.75. The molecule has 8 nitrogen and oxygen atoms in total. The van der Waals surface area contributed by atoms with E-state index in [2.05, 4.69) is 4.72 Å². The van der Waals surface area contributed by atoms with E-state index in [1.807, 2.05) is 6.07 Å². The van der Waals surface area contributed by atoms with Crippen molar-refractivity contribution in [1.82, 2.24) is 4.72 Å². The third-order valence-corrected chi connectivity index (χ3v) is 6.61. The quantitative estimate of drug-likeness (QED) is 0.663. The van der Waals surface area contributed by atoms with Gasteiger partial charge < -0.3 is 19.3 Å². The van der Waals surface area contributed by atoms with Crippen molar-refractivity contribution in [2.75, 3.05) is 7.11 Å². The summed E-state index contributed by atoms with van der Waals surface area (Å²) in [5.41, 5.74) is 0.977. The molecule has 1 aliphatic heterocycles. The lowest BCUT2D eigenvalue weighted by atomic mass is 9.97. The number of hydrogen-bond acceptors (Lipinski definition) is 6. The Kier molecular flexibility index (Phi) is 5.10. The summed E-state index contributed by atoms with van der Waals surface area (Å²) in [5.74, 6) is -0.161. The smallest absolute Gasteiger partial charge is 0.361 e. The first-order valence-corrected chi connectivity index (χ1v) is 10.7. The van der Waals surface area contributed by atoms with E-state index in [0.717, 1.165) is 24.8 Å². The molecule has 0 saturated heterocycles. The summed E-state index contributed by atoms with van der Waals surface area (Å²) < 4.78 is 44.0. The van der Waals surface area contributed by atoms with Crippen LogP contribution in [0.2, 0.25) is 0 Å². The molecule has 1 heterocycles. The number of carboxylic acids is 1. The Hall–Kier alpha value is -2.78. The number of sulfonamides is 1. The molecule has 2 N–H and O–H groups in total. The van der Waals surface area contributed by atoms with Crippen LogP contribution in [0, 0.1) is 0 Å². The average molecular weight is 419 g/mol. The summed E-state index contributed by atoms with van der Waals surface area (Å²) in [6, 6.07) is 11.0. The molecule has 2 aliphatic rings. The van der Waals surface area contributed by atoms with Gasteiger partial charge in [-0.2, -0.15) is 4.72 Å². The molecular formula is C20H21NO7S. The van der Waals surface area contributed by atoms with Crippen LogP contribution in [0.5, 0.6) is 17.2 Å². The van der Waals surface area contributed by atoms with Gasteiger partial charge in [0.15, 0.2) is 11.5 Å². The van der Waals surface area contributed by atoms with Crippen molar-refractivity contribution in [3.05, 3.63) is 48.0 Å². The molecular weight excluding hydrogens is 398 g/mol. The Morgan fingerprint density at radius 3 is 2.79 bits per heavy atom. The number of fused-ring (bicyclic) bond motifs is 3. The van der Waals surface area contributed by atoms with Crippen LogP contribution in [-0.2, 0) is 14.8 Å². The topological polar surface area (TPSA) is 111 Å². The van der Waals surface area contributed by atoms with E-state index in [-0.39, 0.29) is 22.7 Å². The van der Waals surface area contributed by atoms with Crippen molar-refractivity contribution in [3.8, 4) is 17.2 Å². The Bertz CT molecular complexity index is 1040. The number of carbonyl (C=O) groups is 1. The molecule has 3 unspecified atom stereocenters. The molecule has 0 bridgehead atoms. The van der Waals surface area contributed by atoms with E-state index < -0.39 is 22.2 Å². The Labute approximate surface area is 168 Å². The molecule has 0 aromatic heterocycles. The molecule has 0 radical (unpaired) electrons. The van der Waals surface area contributed by atoms with E-state index in [1.54, 1.807) is 18.2 Å². The second kappa shape index (κ2) is 7.57. The maximum atomic E-state index is 12.7. The van der Waals surface area contributed by atoms with Crippen LogP contribution in [0.15, 0.2) is 47.4 Å². The second-order valence-electron chi connectivity index (χ2n) is 7.00. The van der Waals surface area contributed by atoms with E-state index in [4.69, 9.17) is 14.2 Å². The number of carboxylic acid groups (broad SMARTS) is 1. The molecule has 3 atom stereocenters. The van der Waals surface area contributed by atoms with Gasteiger partial charge in [-0.05, 0) is 37.5 Å². The summed E-state index contributed by atoms with van der Waals surface area (Å²) >= 11 is 0. The second-order valence-corrected chi connectivity index (χ2v) is 8.72. The van der Waals surface area contributed by atoms with Gasteiger partial charge in [0.2, 0.25) is 10.0 Å². The van der Waals surface area contributed by atoms with E-state index in [1.165, 1.54) is 25.3 Å². The van der Waals surface area contributed by atoms with E-state index in [9.17, 15) is 18.3 Å². The number of methoxy groups -OCH3 is 1. The van der Waals surface area contributed by atoms with Crippen molar-refractivity contribution in [1.29, 1.82) is 0 Å². The fraction of sp³-hybridized carbons (Fsp3) is 0.350. The first-order valence-electron chi connectivity index (χ1n) is 9.24. The number of ether oxygens (including phenoxy) is 3. The highest BCUT2D eigenvalue weighted by molar-refractivity contribution is 7.89. The molecule has 154 valence electrons. The van der Waals surface area contributed by atoms with Crippen molar-refractivity contribution in [2.45, 2.75) is 42.4 Å². The number of rotatable bonds is 7. The van der Waals surface area contributed by atoms with E-state index in [0.29, 0.717) is 11.5 Å². The van der Waals surface area contributed by atoms with Gasteiger partial charge in [0.25, 0.3) is 6.23 Å². The minimum atomic E-state index is -4.16. The van der Waals surface area contributed by atoms with Gasteiger partial charge in [-0.25, -0.2) is 13.2 Å². The first kappa shape index (κ1) is 19.5. The largest absolute Gasteiger partial charge is 0.497 e. The summed E-state index contributed by atoms with van der Waals surface area (Å²) in [5, 5.41) is 9.54. The third-order valence-electron chi connectivity index (χ3n) is 5.21. The van der Waals surface area contributed by atoms with Crippen LogP contribution in [0.4, 0.5) is 0 Å². The fourth-order valence-electron chi connectivity index (χ4n) is 3.85. The Morgan fingerprint density at radius 1 is 1.24 bits per heavy atom. The highest BCUT2D eigenvalue weighted by Gasteiger charge is 2.40. The van der Waals surface area contributed by atoms with Gasteiger partial charge in [-0.15, -0.1) is 0 Å². The molecule has 2 aromatic carbocycles. The molecule has 29 heavy (non-hydrogen) atoms. The van der Waals surface area contributed by atoms with Crippen LogP contribution in [0.3, 0.4) is 0 Å². The Balaban J connectivity index is 1.58. The molecule has 1 saturated carbocycles. The molecule has 0 spiro atoms. The SMILES string of the molecule is COc1cccc(S(=O)(=O)NC(Oc2cccc3c2OC2CCCC32)C(=O)O)c1.